The predicted octanol–water partition coefficient (Wildman–Crippen LogP) is 2.25. The molecule has 2 rings (SSSR count). The zero-order valence-electron chi connectivity index (χ0n) is 8.92. The normalized spacial score (nSPS) is 10.1. The molecule has 0 bridgehead atoms. The molecule has 0 atom stereocenters. The van der Waals surface area contributed by atoms with Gasteiger partial charge in [0.05, 0.1) is 19.0 Å². The topological polar surface area (TPSA) is 55.2 Å². The van der Waals surface area contributed by atoms with Gasteiger partial charge < -0.3 is 9.84 Å². The third-order valence-electron chi connectivity index (χ3n) is 2.06. The van der Waals surface area contributed by atoms with Crippen molar-refractivity contribution in [2.24, 2.45) is 0 Å². The number of rotatable bonds is 3. The van der Waals surface area contributed by atoms with Crippen molar-refractivity contribution in [1.82, 2.24) is 9.97 Å². The fourth-order valence-corrected chi connectivity index (χ4v) is 1.34. The van der Waals surface area contributed by atoms with Crippen molar-refractivity contribution >= 4 is 0 Å². The van der Waals surface area contributed by atoms with Crippen LogP contribution in [-0.2, 0) is 0 Å². The van der Waals surface area contributed by atoms with E-state index in [1.165, 1.54) is 12.4 Å². The fraction of sp³-hybridized carbons (Fsp3) is 0.167. The Labute approximate surface area is 93.6 Å². The highest BCUT2D eigenvalue weighted by Gasteiger charge is 2.01. The molecule has 1 heterocycles. The Morgan fingerprint density at radius 1 is 1.12 bits per heavy atom. The molecule has 2 aromatic rings. The molecule has 0 saturated carbocycles. The maximum absolute atomic E-state index is 9.07. The van der Waals surface area contributed by atoms with E-state index >= 15 is 0 Å². The van der Waals surface area contributed by atoms with Crippen molar-refractivity contribution in [3.05, 3.63) is 36.7 Å². The van der Waals surface area contributed by atoms with Gasteiger partial charge in [0.1, 0.15) is 5.75 Å². The second-order valence-electron chi connectivity index (χ2n) is 3.22. The minimum absolute atomic E-state index is 0.0645. The first-order chi connectivity index (χ1) is 7.79. The molecule has 0 fully saturated rings. The summed E-state index contributed by atoms with van der Waals surface area (Å²) in [6.07, 6.45) is 2.75. The Morgan fingerprint density at radius 2 is 1.75 bits per heavy atom. The number of ether oxygens (including phenoxy) is 1. The average molecular weight is 216 g/mol. The van der Waals surface area contributed by atoms with Crippen LogP contribution in [0.4, 0.5) is 0 Å². The summed E-state index contributed by atoms with van der Waals surface area (Å²) in [5.74, 6) is 1.47. The van der Waals surface area contributed by atoms with E-state index in [1.807, 2.05) is 31.2 Å². The lowest BCUT2D eigenvalue weighted by molar-refractivity contribution is 0.340. The highest BCUT2D eigenvalue weighted by Crippen LogP contribution is 2.19. The molecule has 0 amide bonds. The summed E-state index contributed by atoms with van der Waals surface area (Å²) in [6.45, 7) is 2.59. The molecule has 4 nitrogen and oxygen atoms in total. The fourth-order valence-electron chi connectivity index (χ4n) is 1.34. The van der Waals surface area contributed by atoms with E-state index in [-0.39, 0.29) is 5.75 Å². The average Bonchev–Trinajstić information content (AvgIpc) is 2.32. The van der Waals surface area contributed by atoms with Crippen LogP contribution in [0.15, 0.2) is 36.7 Å². The standard InChI is InChI=1S/C12H12N2O2/c1-2-16-11-5-3-9(4-6-11)12-13-7-10(15)8-14-12/h3-8,15H,2H2,1H3. The van der Waals surface area contributed by atoms with Crippen molar-refractivity contribution in [2.75, 3.05) is 6.61 Å². The van der Waals surface area contributed by atoms with E-state index in [0.29, 0.717) is 12.4 Å². The van der Waals surface area contributed by atoms with Crippen LogP contribution < -0.4 is 4.74 Å². The SMILES string of the molecule is CCOc1ccc(-c2ncc(O)cn2)cc1. The van der Waals surface area contributed by atoms with E-state index in [4.69, 9.17) is 9.84 Å². The van der Waals surface area contributed by atoms with Crippen LogP contribution in [0.1, 0.15) is 6.92 Å². The number of benzene rings is 1. The summed E-state index contributed by atoms with van der Waals surface area (Å²) in [7, 11) is 0. The summed E-state index contributed by atoms with van der Waals surface area (Å²) in [5, 5.41) is 9.07. The second kappa shape index (κ2) is 4.61. The first-order valence-corrected chi connectivity index (χ1v) is 5.04. The Bertz CT molecular complexity index is 451. The first kappa shape index (κ1) is 10.4. The minimum Gasteiger partial charge on any atom is -0.505 e. The molecule has 0 aliphatic heterocycles. The third-order valence-corrected chi connectivity index (χ3v) is 2.06. The van der Waals surface area contributed by atoms with Crippen LogP contribution in [0, 0.1) is 0 Å². The molecule has 0 saturated heterocycles. The lowest BCUT2D eigenvalue weighted by Crippen LogP contribution is -1.91. The molecule has 1 aromatic heterocycles. The van der Waals surface area contributed by atoms with Crippen LogP contribution in [0.3, 0.4) is 0 Å². The lowest BCUT2D eigenvalue weighted by atomic mass is 10.2. The lowest BCUT2D eigenvalue weighted by Gasteiger charge is -2.03. The molecule has 0 radical (unpaired) electrons. The zero-order chi connectivity index (χ0) is 11.4. The molecule has 0 aliphatic rings. The van der Waals surface area contributed by atoms with Crippen molar-refractivity contribution in [2.45, 2.75) is 6.92 Å². The Kier molecular flexibility index (Phi) is 3.00. The number of hydrogen-bond acceptors (Lipinski definition) is 4. The first-order valence-electron chi connectivity index (χ1n) is 5.04. The van der Waals surface area contributed by atoms with Gasteiger partial charge in [0.2, 0.25) is 0 Å². The summed E-state index contributed by atoms with van der Waals surface area (Å²) < 4.78 is 5.34. The number of nitrogens with zero attached hydrogens (tertiary/aromatic N) is 2. The van der Waals surface area contributed by atoms with E-state index in [1.54, 1.807) is 0 Å². The van der Waals surface area contributed by atoms with Crippen LogP contribution >= 0.6 is 0 Å². The van der Waals surface area contributed by atoms with Gasteiger partial charge in [-0.2, -0.15) is 0 Å². The molecule has 0 unspecified atom stereocenters. The second-order valence-corrected chi connectivity index (χ2v) is 3.22. The van der Waals surface area contributed by atoms with Crippen molar-refractivity contribution in [3.63, 3.8) is 0 Å². The molecule has 1 aromatic carbocycles. The monoisotopic (exact) mass is 216 g/mol. The molecular formula is C12H12N2O2. The van der Waals surface area contributed by atoms with E-state index in [2.05, 4.69) is 9.97 Å². The van der Waals surface area contributed by atoms with E-state index < -0.39 is 0 Å². The summed E-state index contributed by atoms with van der Waals surface area (Å²) in [5.41, 5.74) is 0.892. The molecule has 0 spiro atoms. The highest BCUT2D eigenvalue weighted by molar-refractivity contribution is 5.56. The van der Waals surface area contributed by atoms with E-state index in [0.717, 1.165) is 11.3 Å². The maximum atomic E-state index is 9.07. The molecule has 16 heavy (non-hydrogen) atoms. The molecular weight excluding hydrogens is 204 g/mol. The molecule has 82 valence electrons. The van der Waals surface area contributed by atoms with Gasteiger partial charge in [0.25, 0.3) is 0 Å². The van der Waals surface area contributed by atoms with Crippen LogP contribution in [0.2, 0.25) is 0 Å². The predicted molar refractivity (Wildman–Crippen MR) is 60.3 cm³/mol. The third kappa shape index (κ3) is 2.28. The van der Waals surface area contributed by atoms with Gasteiger partial charge in [-0.15, -0.1) is 0 Å². The largest absolute Gasteiger partial charge is 0.505 e. The van der Waals surface area contributed by atoms with Gasteiger partial charge in [0.15, 0.2) is 11.6 Å². The quantitative estimate of drug-likeness (QED) is 0.854. The molecule has 1 N–H and O–H groups in total. The number of aromatic nitrogens is 2. The Morgan fingerprint density at radius 3 is 2.31 bits per heavy atom. The van der Waals surface area contributed by atoms with Crippen molar-refractivity contribution in [1.29, 1.82) is 0 Å². The van der Waals surface area contributed by atoms with Crippen LogP contribution in [0.5, 0.6) is 11.5 Å². The minimum atomic E-state index is 0.0645. The Hall–Kier alpha value is -2.10. The highest BCUT2D eigenvalue weighted by atomic mass is 16.5. The summed E-state index contributed by atoms with van der Waals surface area (Å²) in [4.78, 5) is 8.04. The van der Waals surface area contributed by atoms with Crippen LogP contribution in [-0.4, -0.2) is 21.7 Å². The van der Waals surface area contributed by atoms with Gasteiger partial charge in [-0.1, -0.05) is 0 Å². The van der Waals surface area contributed by atoms with Gasteiger partial charge in [-0.3, -0.25) is 0 Å². The zero-order valence-corrected chi connectivity index (χ0v) is 8.92. The van der Waals surface area contributed by atoms with Crippen molar-refractivity contribution in [3.8, 4) is 22.9 Å². The van der Waals surface area contributed by atoms with Gasteiger partial charge in [0, 0.05) is 5.56 Å². The smallest absolute Gasteiger partial charge is 0.159 e. The number of aromatic hydroxyl groups is 1. The summed E-state index contributed by atoms with van der Waals surface area (Å²) in [6, 6.07) is 7.51. The van der Waals surface area contributed by atoms with Gasteiger partial charge in [-0.25, -0.2) is 9.97 Å². The van der Waals surface area contributed by atoms with Crippen molar-refractivity contribution < 1.29 is 9.84 Å². The van der Waals surface area contributed by atoms with E-state index in [9.17, 15) is 0 Å². The summed E-state index contributed by atoms with van der Waals surface area (Å²) >= 11 is 0. The number of hydrogen-bond donors (Lipinski definition) is 1. The van der Waals surface area contributed by atoms with Gasteiger partial charge >= 0.3 is 0 Å². The Balaban J connectivity index is 2.24. The molecule has 0 aliphatic carbocycles. The van der Waals surface area contributed by atoms with Gasteiger partial charge in [-0.05, 0) is 31.2 Å². The molecule has 4 heteroatoms. The van der Waals surface area contributed by atoms with Crippen LogP contribution in [0.25, 0.3) is 11.4 Å². The maximum Gasteiger partial charge on any atom is 0.159 e.